The first-order chi connectivity index (χ1) is 10.2. The molecule has 0 fully saturated rings. The summed E-state index contributed by atoms with van der Waals surface area (Å²) in [6.07, 6.45) is 0.449. The zero-order valence-corrected chi connectivity index (χ0v) is 12.5. The number of hydrogen-bond acceptors (Lipinski definition) is 2. The van der Waals surface area contributed by atoms with Crippen LogP contribution in [0.2, 0.25) is 0 Å². The SMILES string of the molecule is CCNC(=O)C[C@H](c1ccccc1)c1ccc(OC)cc1. The van der Waals surface area contributed by atoms with Gasteiger partial charge in [-0.2, -0.15) is 0 Å². The largest absolute Gasteiger partial charge is 0.497 e. The molecule has 1 amide bonds. The van der Waals surface area contributed by atoms with Crippen LogP contribution in [0.3, 0.4) is 0 Å². The molecule has 2 aromatic carbocycles. The molecule has 2 aromatic rings. The Morgan fingerprint density at radius 2 is 1.67 bits per heavy atom. The maximum Gasteiger partial charge on any atom is 0.220 e. The Hall–Kier alpha value is -2.29. The molecule has 0 heterocycles. The zero-order valence-electron chi connectivity index (χ0n) is 12.5. The van der Waals surface area contributed by atoms with Crippen LogP contribution in [-0.2, 0) is 4.79 Å². The molecule has 3 nitrogen and oxygen atoms in total. The van der Waals surface area contributed by atoms with Gasteiger partial charge in [0.05, 0.1) is 7.11 Å². The van der Waals surface area contributed by atoms with Crippen molar-refractivity contribution in [2.75, 3.05) is 13.7 Å². The summed E-state index contributed by atoms with van der Waals surface area (Å²) in [4.78, 5) is 12.0. The predicted molar refractivity (Wildman–Crippen MR) is 84.6 cm³/mol. The molecule has 0 aliphatic heterocycles. The standard InChI is InChI=1S/C18H21NO2/c1-3-19-18(20)13-17(14-7-5-4-6-8-14)15-9-11-16(21-2)12-10-15/h4-12,17H,3,13H2,1-2H3,(H,19,20)/t17-/m1/s1. The number of amides is 1. The Balaban J connectivity index is 2.28. The Bertz CT molecular complexity index is 564. The van der Waals surface area contributed by atoms with Crippen LogP contribution in [0.15, 0.2) is 54.6 Å². The van der Waals surface area contributed by atoms with Crippen molar-refractivity contribution in [1.29, 1.82) is 0 Å². The predicted octanol–water partition coefficient (Wildman–Crippen LogP) is 3.35. The zero-order chi connectivity index (χ0) is 15.1. The highest BCUT2D eigenvalue weighted by Crippen LogP contribution is 2.29. The van der Waals surface area contributed by atoms with Gasteiger partial charge in [0, 0.05) is 18.9 Å². The highest BCUT2D eigenvalue weighted by Gasteiger charge is 2.17. The van der Waals surface area contributed by atoms with E-state index in [9.17, 15) is 4.79 Å². The van der Waals surface area contributed by atoms with Crippen molar-refractivity contribution in [2.24, 2.45) is 0 Å². The number of carbonyl (C=O) groups excluding carboxylic acids is 1. The first-order valence-corrected chi connectivity index (χ1v) is 7.20. The average molecular weight is 283 g/mol. The number of ether oxygens (including phenoxy) is 1. The van der Waals surface area contributed by atoms with Crippen LogP contribution < -0.4 is 10.1 Å². The molecule has 0 saturated carbocycles. The smallest absolute Gasteiger partial charge is 0.220 e. The maximum atomic E-state index is 12.0. The van der Waals surface area contributed by atoms with E-state index in [1.54, 1.807) is 7.11 Å². The third kappa shape index (κ3) is 4.09. The molecule has 0 aromatic heterocycles. The summed E-state index contributed by atoms with van der Waals surface area (Å²) in [5.41, 5.74) is 2.27. The average Bonchev–Trinajstić information content (AvgIpc) is 2.54. The highest BCUT2D eigenvalue weighted by molar-refractivity contribution is 5.77. The molecule has 0 bridgehead atoms. The van der Waals surface area contributed by atoms with Gasteiger partial charge in [0.15, 0.2) is 0 Å². The number of methoxy groups -OCH3 is 1. The lowest BCUT2D eigenvalue weighted by molar-refractivity contribution is -0.121. The Labute approximate surface area is 126 Å². The molecule has 0 saturated heterocycles. The van der Waals surface area contributed by atoms with Crippen molar-refractivity contribution in [3.8, 4) is 5.75 Å². The molecule has 1 atom stereocenters. The molecule has 21 heavy (non-hydrogen) atoms. The normalized spacial score (nSPS) is 11.7. The molecule has 0 radical (unpaired) electrons. The lowest BCUT2D eigenvalue weighted by Crippen LogP contribution is -2.24. The maximum absolute atomic E-state index is 12.0. The quantitative estimate of drug-likeness (QED) is 0.883. The Morgan fingerprint density at radius 1 is 1.05 bits per heavy atom. The van der Waals surface area contributed by atoms with Crippen LogP contribution in [0.4, 0.5) is 0 Å². The van der Waals surface area contributed by atoms with Crippen LogP contribution in [0.1, 0.15) is 30.4 Å². The molecule has 0 spiro atoms. The van der Waals surface area contributed by atoms with Gasteiger partial charge in [-0.1, -0.05) is 42.5 Å². The molecule has 1 N–H and O–H groups in total. The van der Waals surface area contributed by atoms with Gasteiger partial charge >= 0.3 is 0 Å². The van der Waals surface area contributed by atoms with Crippen LogP contribution in [0.25, 0.3) is 0 Å². The monoisotopic (exact) mass is 283 g/mol. The molecule has 3 heteroatoms. The Kier molecular flexibility index (Phi) is 5.38. The van der Waals surface area contributed by atoms with Gasteiger partial charge in [-0.05, 0) is 30.2 Å². The van der Waals surface area contributed by atoms with E-state index in [2.05, 4.69) is 17.4 Å². The number of nitrogens with one attached hydrogen (secondary N) is 1. The van der Waals surface area contributed by atoms with Gasteiger partial charge < -0.3 is 10.1 Å². The molecule has 2 rings (SSSR count). The van der Waals surface area contributed by atoms with Gasteiger partial charge in [-0.15, -0.1) is 0 Å². The van der Waals surface area contributed by atoms with Gasteiger partial charge in [-0.3, -0.25) is 4.79 Å². The van der Waals surface area contributed by atoms with Gasteiger partial charge in [-0.25, -0.2) is 0 Å². The minimum absolute atomic E-state index is 0.0589. The number of rotatable bonds is 6. The fraction of sp³-hybridized carbons (Fsp3) is 0.278. The number of benzene rings is 2. The van der Waals surface area contributed by atoms with Gasteiger partial charge in [0.1, 0.15) is 5.75 Å². The summed E-state index contributed by atoms with van der Waals surface area (Å²) in [5, 5.41) is 2.87. The summed E-state index contributed by atoms with van der Waals surface area (Å²) < 4.78 is 5.20. The fourth-order valence-electron chi connectivity index (χ4n) is 2.40. The highest BCUT2D eigenvalue weighted by atomic mass is 16.5. The molecule has 0 aliphatic rings. The summed E-state index contributed by atoms with van der Waals surface area (Å²) in [6, 6.07) is 18.0. The Morgan fingerprint density at radius 3 is 2.24 bits per heavy atom. The number of carbonyl (C=O) groups is 1. The van der Waals surface area contributed by atoms with E-state index in [0.29, 0.717) is 13.0 Å². The summed E-state index contributed by atoms with van der Waals surface area (Å²) >= 11 is 0. The topological polar surface area (TPSA) is 38.3 Å². The summed E-state index contributed by atoms with van der Waals surface area (Å²) in [7, 11) is 1.65. The molecular weight excluding hydrogens is 262 g/mol. The van der Waals surface area contributed by atoms with E-state index in [1.807, 2.05) is 49.4 Å². The van der Waals surface area contributed by atoms with E-state index >= 15 is 0 Å². The number of hydrogen-bond donors (Lipinski definition) is 1. The first kappa shape index (κ1) is 15.1. The van der Waals surface area contributed by atoms with Gasteiger partial charge in [0.25, 0.3) is 0 Å². The van der Waals surface area contributed by atoms with Crippen molar-refractivity contribution in [3.05, 3.63) is 65.7 Å². The lowest BCUT2D eigenvalue weighted by atomic mass is 9.88. The molecule has 0 unspecified atom stereocenters. The van der Waals surface area contributed by atoms with Crippen LogP contribution >= 0.6 is 0 Å². The minimum Gasteiger partial charge on any atom is -0.497 e. The summed E-state index contributed by atoms with van der Waals surface area (Å²) in [6.45, 7) is 2.59. The van der Waals surface area contributed by atoms with Gasteiger partial charge in [0.2, 0.25) is 5.91 Å². The second kappa shape index (κ2) is 7.48. The van der Waals surface area contributed by atoms with Crippen LogP contribution in [0, 0.1) is 0 Å². The van der Waals surface area contributed by atoms with E-state index in [1.165, 1.54) is 0 Å². The lowest BCUT2D eigenvalue weighted by Gasteiger charge is -2.18. The van der Waals surface area contributed by atoms with Crippen LogP contribution in [0.5, 0.6) is 5.75 Å². The molecular formula is C18H21NO2. The third-order valence-corrected chi connectivity index (χ3v) is 3.48. The van der Waals surface area contributed by atoms with Crippen molar-refractivity contribution in [2.45, 2.75) is 19.3 Å². The van der Waals surface area contributed by atoms with E-state index in [-0.39, 0.29) is 11.8 Å². The summed E-state index contributed by atoms with van der Waals surface area (Å²) in [5.74, 6) is 0.953. The second-order valence-corrected chi connectivity index (χ2v) is 4.89. The van der Waals surface area contributed by atoms with E-state index in [0.717, 1.165) is 16.9 Å². The van der Waals surface area contributed by atoms with E-state index < -0.39 is 0 Å². The van der Waals surface area contributed by atoms with Crippen molar-refractivity contribution in [3.63, 3.8) is 0 Å². The molecule has 110 valence electrons. The van der Waals surface area contributed by atoms with E-state index in [4.69, 9.17) is 4.74 Å². The molecule has 0 aliphatic carbocycles. The van der Waals surface area contributed by atoms with Crippen molar-refractivity contribution in [1.82, 2.24) is 5.32 Å². The minimum atomic E-state index is 0.0589. The van der Waals surface area contributed by atoms with Crippen LogP contribution in [-0.4, -0.2) is 19.6 Å². The van der Waals surface area contributed by atoms with Crippen molar-refractivity contribution < 1.29 is 9.53 Å². The first-order valence-electron chi connectivity index (χ1n) is 7.20. The van der Waals surface area contributed by atoms with Crippen molar-refractivity contribution >= 4 is 5.91 Å². The second-order valence-electron chi connectivity index (χ2n) is 4.89. The third-order valence-electron chi connectivity index (χ3n) is 3.48. The fourth-order valence-corrected chi connectivity index (χ4v) is 2.40.